The molecule has 0 spiro atoms. The number of rotatable bonds is 7. The predicted octanol–water partition coefficient (Wildman–Crippen LogP) is 2.43. The lowest BCUT2D eigenvalue weighted by Crippen LogP contribution is -2.45. The number of hydrogen-bond donors (Lipinski definition) is 1. The fourth-order valence-electron chi connectivity index (χ4n) is 3.07. The Morgan fingerprint density at radius 3 is 2.58 bits per heavy atom. The summed E-state index contributed by atoms with van der Waals surface area (Å²) in [5.41, 5.74) is 0. The summed E-state index contributed by atoms with van der Waals surface area (Å²) in [5.74, 6) is 0.755. The monoisotopic (exact) mass is 269 g/mol. The van der Waals surface area contributed by atoms with Gasteiger partial charge >= 0.3 is 0 Å². The highest BCUT2D eigenvalue weighted by molar-refractivity contribution is 4.81. The fourth-order valence-corrected chi connectivity index (χ4v) is 3.07. The van der Waals surface area contributed by atoms with Crippen LogP contribution in [0.1, 0.15) is 47.0 Å². The SMILES string of the molecule is CCC1CN(C)CCCN1C(C)CCNCC(C)C. The van der Waals surface area contributed by atoms with E-state index >= 15 is 0 Å². The van der Waals surface area contributed by atoms with E-state index in [1.165, 1.54) is 38.9 Å². The molecule has 1 N–H and O–H groups in total. The van der Waals surface area contributed by atoms with E-state index < -0.39 is 0 Å². The van der Waals surface area contributed by atoms with Crippen LogP contribution in [0, 0.1) is 5.92 Å². The maximum absolute atomic E-state index is 3.57. The van der Waals surface area contributed by atoms with E-state index in [4.69, 9.17) is 0 Å². The Morgan fingerprint density at radius 2 is 1.95 bits per heavy atom. The molecule has 114 valence electrons. The van der Waals surface area contributed by atoms with Crippen LogP contribution < -0.4 is 5.32 Å². The minimum absolute atomic E-state index is 0.705. The molecule has 19 heavy (non-hydrogen) atoms. The van der Waals surface area contributed by atoms with Crippen LogP contribution in [-0.4, -0.2) is 61.7 Å². The molecule has 0 aliphatic carbocycles. The van der Waals surface area contributed by atoms with E-state index in [1.807, 2.05) is 0 Å². The molecule has 2 unspecified atom stereocenters. The van der Waals surface area contributed by atoms with Crippen molar-refractivity contribution < 1.29 is 0 Å². The van der Waals surface area contributed by atoms with Crippen LogP contribution in [0.5, 0.6) is 0 Å². The number of nitrogens with one attached hydrogen (secondary N) is 1. The first kappa shape index (κ1) is 16.9. The van der Waals surface area contributed by atoms with Crippen LogP contribution in [0.2, 0.25) is 0 Å². The van der Waals surface area contributed by atoms with Crippen molar-refractivity contribution in [2.75, 3.05) is 39.8 Å². The van der Waals surface area contributed by atoms with Crippen molar-refractivity contribution in [1.82, 2.24) is 15.1 Å². The summed E-state index contributed by atoms with van der Waals surface area (Å²) < 4.78 is 0. The molecule has 1 rings (SSSR count). The Hall–Kier alpha value is -0.120. The number of nitrogens with zero attached hydrogens (tertiary/aromatic N) is 2. The molecule has 1 heterocycles. The van der Waals surface area contributed by atoms with E-state index in [2.05, 4.69) is 49.9 Å². The van der Waals surface area contributed by atoms with Crippen molar-refractivity contribution in [2.45, 2.75) is 59.0 Å². The van der Waals surface area contributed by atoms with Crippen LogP contribution >= 0.6 is 0 Å². The highest BCUT2D eigenvalue weighted by Gasteiger charge is 2.25. The first-order valence-electron chi connectivity index (χ1n) is 8.19. The van der Waals surface area contributed by atoms with Gasteiger partial charge in [0.1, 0.15) is 0 Å². The Bertz CT molecular complexity index is 230. The summed E-state index contributed by atoms with van der Waals surface area (Å²) in [6.45, 7) is 15.3. The van der Waals surface area contributed by atoms with Gasteiger partial charge < -0.3 is 10.2 Å². The number of likely N-dealkylation sites (N-methyl/N-ethyl adjacent to an activating group) is 1. The van der Waals surface area contributed by atoms with Gasteiger partial charge in [0.05, 0.1) is 0 Å². The Kier molecular flexibility index (Phi) is 7.96. The van der Waals surface area contributed by atoms with Gasteiger partial charge in [-0.05, 0) is 65.3 Å². The zero-order valence-electron chi connectivity index (χ0n) is 13.8. The molecule has 0 saturated carbocycles. The third-order valence-electron chi connectivity index (χ3n) is 4.28. The average molecular weight is 269 g/mol. The quantitative estimate of drug-likeness (QED) is 0.716. The van der Waals surface area contributed by atoms with E-state index in [0.717, 1.165) is 25.0 Å². The molecule has 0 amide bonds. The average Bonchev–Trinajstić information content (AvgIpc) is 2.55. The Labute approximate surface area is 120 Å². The zero-order valence-corrected chi connectivity index (χ0v) is 13.8. The van der Waals surface area contributed by atoms with Crippen molar-refractivity contribution in [3.8, 4) is 0 Å². The van der Waals surface area contributed by atoms with Gasteiger partial charge in [-0.25, -0.2) is 0 Å². The Balaban J connectivity index is 2.37. The lowest BCUT2D eigenvalue weighted by Gasteiger charge is -2.35. The minimum Gasteiger partial charge on any atom is -0.316 e. The molecule has 0 radical (unpaired) electrons. The van der Waals surface area contributed by atoms with Gasteiger partial charge in [0.2, 0.25) is 0 Å². The second-order valence-corrected chi connectivity index (χ2v) is 6.65. The van der Waals surface area contributed by atoms with Crippen LogP contribution in [0.25, 0.3) is 0 Å². The lowest BCUT2D eigenvalue weighted by molar-refractivity contribution is 0.130. The second-order valence-electron chi connectivity index (χ2n) is 6.65. The van der Waals surface area contributed by atoms with Gasteiger partial charge in [-0.3, -0.25) is 4.90 Å². The highest BCUT2D eigenvalue weighted by Crippen LogP contribution is 2.16. The molecule has 0 bridgehead atoms. The number of hydrogen-bond acceptors (Lipinski definition) is 3. The van der Waals surface area contributed by atoms with Crippen molar-refractivity contribution in [1.29, 1.82) is 0 Å². The summed E-state index contributed by atoms with van der Waals surface area (Å²) in [7, 11) is 2.26. The fraction of sp³-hybridized carbons (Fsp3) is 1.00. The predicted molar refractivity (Wildman–Crippen MR) is 84.7 cm³/mol. The first-order valence-corrected chi connectivity index (χ1v) is 8.19. The molecule has 1 fully saturated rings. The molecule has 1 saturated heterocycles. The second kappa shape index (κ2) is 8.93. The van der Waals surface area contributed by atoms with Gasteiger partial charge in [-0.15, -0.1) is 0 Å². The van der Waals surface area contributed by atoms with E-state index in [9.17, 15) is 0 Å². The topological polar surface area (TPSA) is 18.5 Å². The normalized spacial score (nSPS) is 24.6. The Morgan fingerprint density at radius 1 is 1.21 bits per heavy atom. The molecule has 0 aromatic heterocycles. The third-order valence-corrected chi connectivity index (χ3v) is 4.28. The van der Waals surface area contributed by atoms with Gasteiger partial charge in [0.15, 0.2) is 0 Å². The molecule has 0 aromatic carbocycles. The summed E-state index contributed by atoms with van der Waals surface area (Å²) in [4.78, 5) is 5.25. The molecular weight excluding hydrogens is 234 g/mol. The smallest absolute Gasteiger partial charge is 0.0223 e. The molecular formula is C16H35N3. The van der Waals surface area contributed by atoms with Gasteiger partial charge in [-0.1, -0.05) is 20.8 Å². The highest BCUT2D eigenvalue weighted by atomic mass is 15.2. The molecule has 1 aliphatic heterocycles. The van der Waals surface area contributed by atoms with Crippen molar-refractivity contribution >= 4 is 0 Å². The molecule has 1 aliphatic rings. The van der Waals surface area contributed by atoms with E-state index in [0.29, 0.717) is 6.04 Å². The summed E-state index contributed by atoms with van der Waals surface area (Å²) >= 11 is 0. The molecule has 2 atom stereocenters. The van der Waals surface area contributed by atoms with Crippen LogP contribution in [0.15, 0.2) is 0 Å². The summed E-state index contributed by atoms with van der Waals surface area (Å²) in [6.07, 6.45) is 3.86. The molecule has 0 aromatic rings. The van der Waals surface area contributed by atoms with Crippen LogP contribution in [0.4, 0.5) is 0 Å². The molecule has 3 heteroatoms. The van der Waals surface area contributed by atoms with E-state index in [1.54, 1.807) is 0 Å². The van der Waals surface area contributed by atoms with Crippen molar-refractivity contribution in [3.63, 3.8) is 0 Å². The summed E-state index contributed by atoms with van der Waals surface area (Å²) in [5, 5.41) is 3.57. The van der Waals surface area contributed by atoms with Gasteiger partial charge in [0, 0.05) is 18.6 Å². The maximum Gasteiger partial charge on any atom is 0.0223 e. The van der Waals surface area contributed by atoms with Crippen molar-refractivity contribution in [2.24, 2.45) is 5.92 Å². The third kappa shape index (κ3) is 6.24. The van der Waals surface area contributed by atoms with Gasteiger partial charge in [-0.2, -0.15) is 0 Å². The van der Waals surface area contributed by atoms with E-state index in [-0.39, 0.29) is 0 Å². The van der Waals surface area contributed by atoms with Crippen LogP contribution in [-0.2, 0) is 0 Å². The summed E-state index contributed by atoms with van der Waals surface area (Å²) in [6, 6.07) is 1.45. The van der Waals surface area contributed by atoms with Gasteiger partial charge in [0.25, 0.3) is 0 Å². The largest absolute Gasteiger partial charge is 0.316 e. The molecule has 3 nitrogen and oxygen atoms in total. The standard InChI is InChI=1S/C16H35N3/c1-6-16-13-18(5)10-7-11-19(16)15(4)8-9-17-12-14(2)3/h14-17H,6-13H2,1-5H3. The zero-order chi connectivity index (χ0) is 14.3. The van der Waals surface area contributed by atoms with Crippen molar-refractivity contribution in [3.05, 3.63) is 0 Å². The minimum atomic E-state index is 0.705. The van der Waals surface area contributed by atoms with Crippen LogP contribution in [0.3, 0.4) is 0 Å². The lowest BCUT2D eigenvalue weighted by atomic mass is 10.1. The first-order chi connectivity index (χ1) is 9.04. The maximum atomic E-state index is 3.57.